The monoisotopic (exact) mass is 472 g/mol. The number of carbonyl (C=O) groups excluding carboxylic acids is 1. The SMILES string of the molecule is CN=C(NCC(=O)Nc1ccc(F)cc1)NCc1ccccc1OC.I. The molecule has 0 aliphatic rings. The third kappa shape index (κ3) is 6.87. The van der Waals surface area contributed by atoms with Gasteiger partial charge in [0.1, 0.15) is 11.6 Å². The number of benzene rings is 2. The van der Waals surface area contributed by atoms with Crippen LogP contribution in [0.3, 0.4) is 0 Å². The van der Waals surface area contributed by atoms with Crippen LogP contribution in [0.15, 0.2) is 53.5 Å². The van der Waals surface area contributed by atoms with Crippen molar-refractivity contribution in [2.75, 3.05) is 26.0 Å². The van der Waals surface area contributed by atoms with Gasteiger partial charge in [-0.1, -0.05) is 18.2 Å². The number of nitrogens with one attached hydrogen (secondary N) is 3. The van der Waals surface area contributed by atoms with Crippen molar-refractivity contribution in [2.45, 2.75) is 6.54 Å². The molecule has 2 aromatic carbocycles. The lowest BCUT2D eigenvalue weighted by Gasteiger charge is -2.13. The first-order valence-electron chi connectivity index (χ1n) is 7.74. The fraction of sp³-hybridized carbons (Fsp3) is 0.222. The summed E-state index contributed by atoms with van der Waals surface area (Å²) in [5, 5.41) is 8.71. The van der Waals surface area contributed by atoms with Crippen molar-refractivity contribution in [3.05, 3.63) is 59.9 Å². The first kappa shape index (κ1) is 21.7. The highest BCUT2D eigenvalue weighted by Crippen LogP contribution is 2.16. The molecule has 0 unspecified atom stereocenters. The van der Waals surface area contributed by atoms with Crippen molar-refractivity contribution in [3.63, 3.8) is 0 Å². The van der Waals surface area contributed by atoms with Gasteiger partial charge in [0.2, 0.25) is 5.91 Å². The molecular weight excluding hydrogens is 450 g/mol. The van der Waals surface area contributed by atoms with E-state index in [0.29, 0.717) is 18.2 Å². The van der Waals surface area contributed by atoms with Gasteiger partial charge < -0.3 is 20.7 Å². The number of para-hydroxylation sites is 1. The fourth-order valence-electron chi connectivity index (χ4n) is 2.15. The molecule has 0 saturated carbocycles. The summed E-state index contributed by atoms with van der Waals surface area (Å²) in [6.45, 7) is 0.534. The molecule has 0 aliphatic heterocycles. The van der Waals surface area contributed by atoms with Crippen LogP contribution in [-0.4, -0.2) is 32.6 Å². The number of amides is 1. The fourth-order valence-corrected chi connectivity index (χ4v) is 2.15. The second-order valence-electron chi connectivity index (χ2n) is 5.15. The summed E-state index contributed by atoms with van der Waals surface area (Å²) in [6, 6.07) is 13.2. The maximum Gasteiger partial charge on any atom is 0.243 e. The first-order chi connectivity index (χ1) is 12.1. The highest BCUT2D eigenvalue weighted by Gasteiger charge is 2.06. The Morgan fingerprint density at radius 2 is 1.81 bits per heavy atom. The summed E-state index contributed by atoms with van der Waals surface area (Å²) < 4.78 is 18.1. The quantitative estimate of drug-likeness (QED) is 0.344. The van der Waals surface area contributed by atoms with E-state index in [9.17, 15) is 9.18 Å². The van der Waals surface area contributed by atoms with E-state index in [1.165, 1.54) is 24.3 Å². The van der Waals surface area contributed by atoms with Crippen LogP contribution in [0, 0.1) is 5.82 Å². The second-order valence-corrected chi connectivity index (χ2v) is 5.15. The van der Waals surface area contributed by atoms with Gasteiger partial charge in [0, 0.05) is 24.8 Å². The lowest BCUT2D eigenvalue weighted by molar-refractivity contribution is -0.115. The van der Waals surface area contributed by atoms with Crippen LogP contribution in [0.25, 0.3) is 0 Å². The molecule has 1 amide bonds. The molecule has 2 rings (SSSR count). The van der Waals surface area contributed by atoms with Crippen molar-refractivity contribution >= 4 is 41.5 Å². The zero-order chi connectivity index (χ0) is 18.1. The number of halogens is 2. The summed E-state index contributed by atoms with van der Waals surface area (Å²) in [5.41, 5.74) is 1.51. The second kappa shape index (κ2) is 11.3. The van der Waals surface area contributed by atoms with Crippen molar-refractivity contribution in [2.24, 2.45) is 4.99 Å². The number of carbonyl (C=O) groups is 1. The molecule has 0 bridgehead atoms. The molecule has 2 aromatic rings. The zero-order valence-electron chi connectivity index (χ0n) is 14.6. The number of guanidine groups is 1. The Bertz CT molecular complexity index is 738. The molecule has 26 heavy (non-hydrogen) atoms. The average molecular weight is 472 g/mol. The summed E-state index contributed by atoms with van der Waals surface area (Å²) in [6.07, 6.45) is 0. The number of ether oxygens (including phenoxy) is 1. The number of hydrogen-bond acceptors (Lipinski definition) is 3. The molecule has 8 heteroatoms. The van der Waals surface area contributed by atoms with Crippen molar-refractivity contribution in [1.29, 1.82) is 0 Å². The van der Waals surface area contributed by atoms with E-state index >= 15 is 0 Å². The third-order valence-corrected chi connectivity index (χ3v) is 3.41. The Morgan fingerprint density at radius 1 is 1.12 bits per heavy atom. The average Bonchev–Trinajstić information content (AvgIpc) is 2.64. The van der Waals surface area contributed by atoms with Crippen LogP contribution in [0.5, 0.6) is 5.75 Å². The van der Waals surface area contributed by atoms with E-state index in [0.717, 1.165) is 11.3 Å². The van der Waals surface area contributed by atoms with Gasteiger partial charge in [-0.25, -0.2) is 4.39 Å². The van der Waals surface area contributed by atoms with Gasteiger partial charge in [-0.15, -0.1) is 24.0 Å². The molecule has 3 N–H and O–H groups in total. The van der Waals surface area contributed by atoms with Crippen LogP contribution >= 0.6 is 24.0 Å². The molecule has 0 fully saturated rings. The minimum atomic E-state index is -0.350. The van der Waals surface area contributed by atoms with E-state index in [4.69, 9.17) is 4.74 Å². The third-order valence-electron chi connectivity index (χ3n) is 3.41. The number of anilines is 1. The van der Waals surface area contributed by atoms with Gasteiger partial charge in [0.25, 0.3) is 0 Å². The lowest BCUT2D eigenvalue weighted by Crippen LogP contribution is -2.41. The van der Waals surface area contributed by atoms with Crippen molar-refractivity contribution in [1.82, 2.24) is 10.6 Å². The Balaban J connectivity index is 0.00000338. The van der Waals surface area contributed by atoms with Gasteiger partial charge in [0.05, 0.1) is 13.7 Å². The smallest absolute Gasteiger partial charge is 0.243 e. The van der Waals surface area contributed by atoms with E-state index in [2.05, 4.69) is 20.9 Å². The highest BCUT2D eigenvalue weighted by molar-refractivity contribution is 14.0. The normalized spacial score (nSPS) is 10.5. The summed E-state index contributed by atoms with van der Waals surface area (Å²) in [7, 11) is 3.24. The topological polar surface area (TPSA) is 74.8 Å². The summed E-state index contributed by atoms with van der Waals surface area (Å²) in [5.74, 6) is 0.656. The molecule has 0 radical (unpaired) electrons. The van der Waals surface area contributed by atoms with Crippen LogP contribution in [0.2, 0.25) is 0 Å². The van der Waals surface area contributed by atoms with E-state index < -0.39 is 0 Å². The van der Waals surface area contributed by atoms with E-state index in [1.54, 1.807) is 14.2 Å². The number of hydrogen-bond donors (Lipinski definition) is 3. The highest BCUT2D eigenvalue weighted by atomic mass is 127. The van der Waals surface area contributed by atoms with E-state index in [1.807, 2.05) is 24.3 Å². The Labute approximate surface area is 169 Å². The van der Waals surface area contributed by atoms with Crippen LogP contribution in [-0.2, 0) is 11.3 Å². The maximum absolute atomic E-state index is 12.8. The molecule has 0 spiro atoms. The minimum Gasteiger partial charge on any atom is -0.496 e. The zero-order valence-corrected chi connectivity index (χ0v) is 16.9. The van der Waals surface area contributed by atoms with Gasteiger partial charge in [0.15, 0.2) is 5.96 Å². The van der Waals surface area contributed by atoms with Crippen molar-refractivity contribution < 1.29 is 13.9 Å². The predicted molar refractivity (Wildman–Crippen MR) is 112 cm³/mol. The van der Waals surface area contributed by atoms with Crippen LogP contribution < -0.4 is 20.7 Å². The Kier molecular flexibility index (Phi) is 9.42. The molecule has 0 atom stereocenters. The number of methoxy groups -OCH3 is 1. The minimum absolute atomic E-state index is 0. The summed E-state index contributed by atoms with van der Waals surface area (Å²) >= 11 is 0. The summed E-state index contributed by atoms with van der Waals surface area (Å²) in [4.78, 5) is 16.0. The van der Waals surface area contributed by atoms with Gasteiger partial charge >= 0.3 is 0 Å². The van der Waals surface area contributed by atoms with Gasteiger partial charge in [-0.2, -0.15) is 0 Å². The lowest BCUT2D eigenvalue weighted by atomic mass is 10.2. The van der Waals surface area contributed by atoms with Gasteiger partial charge in [-0.3, -0.25) is 9.79 Å². The van der Waals surface area contributed by atoms with Crippen LogP contribution in [0.4, 0.5) is 10.1 Å². The molecule has 0 aromatic heterocycles. The number of aliphatic imine (C=N–C) groups is 1. The maximum atomic E-state index is 12.8. The first-order valence-corrected chi connectivity index (χ1v) is 7.74. The van der Waals surface area contributed by atoms with E-state index in [-0.39, 0.29) is 42.2 Å². The number of nitrogens with zero attached hydrogens (tertiary/aromatic N) is 1. The molecule has 140 valence electrons. The molecule has 0 saturated heterocycles. The van der Waals surface area contributed by atoms with Crippen LogP contribution in [0.1, 0.15) is 5.56 Å². The molecule has 0 heterocycles. The molecule has 0 aliphatic carbocycles. The largest absolute Gasteiger partial charge is 0.496 e. The Morgan fingerprint density at radius 3 is 2.46 bits per heavy atom. The molecular formula is C18H22FIN4O2. The predicted octanol–water partition coefficient (Wildman–Crippen LogP) is 2.76. The standard InChI is InChI=1S/C18H21FN4O2.HI/c1-20-18(21-11-13-5-3-4-6-16(13)25-2)22-12-17(24)23-15-9-7-14(19)8-10-15;/h3-10H,11-12H2,1-2H3,(H,23,24)(H2,20,21,22);1H. The molecule has 6 nitrogen and oxygen atoms in total. The Hall–Kier alpha value is -2.36. The van der Waals surface area contributed by atoms with Gasteiger partial charge in [-0.05, 0) is 30.3 Å². The number of rotatable bonds is 6. The van der Waals surface area contributed by atoms with Crippen molar-refractivity contribution in [3.8, 4) is 5.75 Å².